The van der Waals surface area contributed by atoms with Crippen molar-refractivity contribution in [2.45, 2.75) is 0 Å². The van der Waals surface area contributed by atoms with Crippen LogP contribution >= 0.6 is 23.2 Å². The summed E-state index contributed by atoms with van der Waals surface area (Å²) >= 11 is 11.7. The molecule has 0 aliphatic heterocycles. The first-order valence-corrected chi connectivity index (χ1v) is 5.89. The van der Waals surface area contributed by atoms with Gasteiger partial charge in [0.15, 0.2) is 5.78 Å². The quantitative estimate of drug-likeness (QED) is 0.654. The van der Waals surface area contributed by atoms with E-state index in [1.54, 1.807) is 30.3 Å². The van der Waals surface area contributed by atoms with E-state index in [9.17, 15) is 4.79 Å². The fourth-order valence-corrected chi connectivity index (χ4v) is 1.82. The van der Waals surface area contributed by atoms with Crippen molar-refractivity contribution in [1.29, 1.82) is 0 Å². The van der Waals surface area contributed by atoms with Crippen LogP contribution in [0.2, 0.25) is 10.0 Å². The van der Waals surface area contributed by atoms with Crippen LogP contribution in [-0.2, 0) is 0 Å². The van der Waals surface area contributed by atoms with Gasteiger partial charge in [0.1, 0.15) is 0 Å². The molecule has 2 rings (SSSR count). The highest BCUT2D eigenvalue weighted by Crippen LogP contribution is 2.25. The average molecular weight is 281 g/mol. The van der Waals surface area contributed by atoms with E-state index >= 15 is 0 Å². The van der Waals surface area contributed by atoms with Gasteiger partial charge in [-0.3, -0.25) is 4.79 Å². The number of carbonyl (C=O) groups is 1. The van der Waals surface area contributed by atoms with Crippen LogP contribution < -0.4 is 11.5 Å². The van der Waals surface area contributed by atoms with E-state index in [0.717, 1.165) is 0 Å². The molecule has 0 heterocycles. The molecule has 0 unspecified atom stereocenters. The minimum Gasteiger partial charge on any atom is -0.397 e. The smallest absolute Gasteiger partial charge is 0.193 e. The molecule has 4 N–H and O–H groups in total. The van der Waals surface area contributed by atoms with Gasteiger partial charge in [-0.2, -0.15) is 0 Å². The molecular weight excluding hydrogens is 271 g/mol. The third-order valence-electron chi connectivity index (χ3n) is 2.53. The highest BCUT2D eigenvalue weighted by atomic mass is 35.5. The SMILES string of the molecule is Nc1ccc(C(=O)c2ccc(Cl)c(Cl)c2)cc1N. The molecule has 0 saturated carbocycles. The van der Waals surface area contributed by atoms with Crippen LogP contribution in [0.3, 0.4) is 0 Å². The lowest BCUT2D eigenvalue weighted by Gasteiger charge is -2.05. The Balaban J connectivity index is 2.41. The number of anilines is 2. The zero-order valence-corrected chi connectivity index (χ0v) is 10.8. The number of hydrogen-bond acceptors (Lipinski definition) is 3. The lowest BCUT2D eigenvalue weighted by molar-refractivity contribution is 0.103. The van der Waals surface area contributed by atoms with Gasteiger partial charge in [-0.25, -0.2) is 0 Å². The Bertz CT molecular complexity index is 573. The van der Waals surface area contributed by atoms with E-state index in [-0.39, 0.29) is 5.78 Å². The summed E-state index contributed by atoms with van der Waals surface area (Å²) in [6.07, 6.45) is 0. The largest absolute Gasteiger partial charge is 0.397 e. The molecule has 92 valence electrons. The lowest BCUT2D eigenvalue weighted by atomic mass is 10.0. The number of nitrogen functional groups attached to an aromatic ring is 2. The van der Waals surface area contributed by atoms with Crippen LogP contribution in [-0.4, -0.2) is 5.78 Å². The van der Waals surface area contributed by atoms with Crippen LogP contribution in [0.15, 0.2) is 36.4 Å². The summed E-state index contributed by atoms with van der Waals surface area (Å²) in [6.45, 7) is 0. The van der Waals surface area contributed by atoms with E-state index in [1.807, 2.05) is 0 Å². The molecule has 0 aromatic heterocycles. The van der Waals surface area contributed by atoms with Gasteiger partial charge in [-0.15, -0.1) is 0 Å². The van der Waals surface area contributed by atoms with Gasteiger partial charge in [0.2, 0.25) is 0 Å². The number of ketones is 1. The van der Waals surface area contributed by atoms with Crippen molar-refractivity contribution in [2.24, 2.45) is 0 Å². The number of nitrogens with two attached hydrogens (primary N) is 2. The molecule has 0 bridgehead atoms. The van der Waals surface area contributed by atoms with Crippen molar-refractivity contribution in [3.8, 4) is 0 Å². The third kappa shape index (κ3) is 2.42. The molecule has 0 aliphatic rings. The Labute approximate surface area is 114 Å². The standard InChI is InChI=1S/C13H10Cl2N2O/c14-9-3-1-7(5-10(9)15)13(18)8-2-4-11(16)12(17)6-8/h1-6H,16-17H2. The Kier molecular flexibility index (Phi) is 3.45. The summed E-state index contributed by atoms with van der Waals surface area (Å²) < 4.78 is 0. The van der Waals surface area contributed by atoms with E-state index in [4.69, 9.17) is 34.7 Å². The molecule has 3 nitrogen and oxygen atoms in total. The summed E-state index contributed by atoms with van der Waals surface area (Å²) in [4.78, 5) is 12.2. The molecule has 2 aromatic carbocycles. The van der Waals surface area contributed by atoms with Gasteiger partial charge in [0, 0.05) is 11.1 Å². The van der Waals surface area contributed by atoms with Gasteiger partial charge in [-0.1, -0.05) is 23.2 Å². The molecule has 0 radical (unpaired) electrons. The van der Waals surface area contributed by atoms with Crippen molar-refractivity contribution in [2.75, 3.05) is 11.5 Å². The Morgan fingerprint density at radius 1 is 0.833 bits per heavy atom. The molecule has 0 fully saturated rings. The van der Waals surface area contributed by atoms with E-state index < -0.39 is 0 Å². The summed E-state index contributed by atoms with van der Waals surface area (Å²) in [5.41, 5.74) is 13.0. The predicted octanol–water partition coefficient (Wildman–Crippen LogP) is 3.39. The second kappa shape index (κ2) is 4.88. The van der Waals surface area contributed by atoms with Gasteiger partial charge < -0.3 is 11.5 Å². The molecule has 0 saturated heterocycles. The van der Waals surface area contributed by atoms with E-state index in [0.29, 0.717) is 32.5 Å². The van der Waals surface area contributed by atoms with E-state index in [1.165, 1.54) is 6.07 Å². The summed E-state index contributed by atoms with van der Waals surface area (Å²) in [6, 6.07) is 9.48. The third-order valence-corrected chi connectivity index (χ3v) is 3.27. The Hall–Kier alpha value is -1.71. The fraction of sp³-hybridized carbons (Fsp3) is 0. The van der Waals surface area contributed by atoms with Crippen molar-refractivity contribution in [3.63, 3.8) is 0 Å². The molecular formula is C13H10Cl2N2O. The predicted molar refractivity (Wildman–Crippen MR) is 75.2 cm³/mol. The topological polar surface area (TPSA) is 69.1 Å². The summed E-state index contributed by atoms with van der Waals surface area (Å²) in [7, 11) is 0. The molecule has 18 heavy (non-hydrogen) atoms. The van der Waals surface area contributed by atoms with Crippen LogP contribution in [0, 0.1) is 0 Å². The molecule has 0 amide bonds. The minimum atomic E-state index is -0.180. The number of benzene rings is 2. The normalized spacial score (nSPS) is 10.3. The maximum Gasteiger partial charge on any atom is 0.193 e. The van der Waals surface area contributed by atoms with Gasteiger partial charge in [-0.05, 0) is 36.4 Å². The van der Waals surface area contributed by atoms with Crippen LogP contribution in [0.5, 0.6) is 0 Å². The lowest BCUT2D eigenvalue weighted by Crippen LogP contribution is -2.03. The van der Waals surface area contributed by atoms with Crippen LogP contribution in [0.4, 0.5) is 11.4 Å². The van der Waals surface area contributed by atoms with Gasteiger partial charge in [0.25, 0.3) is 0 Å². The first-order valence-electron chi connectivity index (χ1n) is 5.14. The second-order valence-corrected chi connectivity index (χ2v) is 4.62. The number of halogens is 2. The maximum absolute atomic E-state index is 12.2. The first kappa shape index (κ1) is 12.7. The summed E-state index contributed by atoms with van der Waals surface area (Å²) in [5, 5.41) is 0.746. The maximum atomic E-state index is 12.2. The number of carbonyl (C=O) groups excluding carboxylic acids is 1. The number of hydrogen-bond donors (Lipinski definition) is 2. The van der Waals surface area contributed by atoms with Crippen molar-refractivity contribution in [1.82, 2.24) is 0 Å². The Morgan fingerprint density at radius 3 is 2.06 bits per heavy atom. The molecule has 5 heteroatoms. The number of rotatable bonds is 2. The molecule has 2 aromatic rings. The monoisotopic (exact) mass is 280 g/mol. The van der Waals surface area contributed by atoms with Crippen molar-refractivity contribution >= 4 is 40.4 Å². The van der Waals surface area contributed by atoms with Crippen LogP contribution in [0.1, 0.15) is 15.9 Å². The van der Waals surface area contributed by atoms with Gasteiger partial charge >= 0.3 is 0 Å². The summed E-state index contributed by atoms with van der Waals surface area (Å²) in [5.74, 6) is -0.180. The highest BCUT2D eigenvalue weighted by Gasteiger charge is 2.11. The Morgan fingerprint density at radius 2 is 1.44 bits per heavy atom. The molecule has 0 aliphatic carbocycles. The van der Waals surface area contributed by atoms with E-state index in [2.05, 4.69) is 0 Å². The van der Waals surface area contributed by atoms with Crippen molar-refractivity contribution < 1.29 is 4.79 Å². The van der Waals surface area contributed by atoms with Crippen LogP contribution in [0.25, 0.3) is 0 Å². The van der Waals surface area contributed by atoms with Crippen molar-refractivity contribution in [3.05, 3.63) is 57.6 Å². The zero-order valence-electron chi connectivity index (χ0n) is 9.28. The molecule has 0 atom stereocenters. The van der Waals surface area contributed by atoms with Gasteiger partial charge in [0.05, 0.1) is 21.4 Å². The average Bonchev–Trinajstić information content (AvgIpc) is 2.35. The highest BCUT2D eigenvalue weighted by molar-refractivity contribution is 6.42. The minimum absolute atomic E-state index is 0.180. The molecule has 0 spiro atoms. The first-order chi connectivity index (χ1) is 8.49. The second-order valence-electron chi connectivity index (χ2n) is 3.80. The fourth-order valence-electron chi connectivity index (χ4n) is 1.52. The zero-order chi connectivity index (χ0) is 13.3.